The van der Waals surface area contributed by atoms with E-state index in [1.54, 1.807) is 113 Å². The molecule has 2 heterocycles. The lowest BCUT2D eigenvalue weighted by atomic mass is 9.95. The Hall–Kier alpha value is -6.95. The quantitative estimate of drug-likeness (QED) is 0.0270. The number of aromatic amines is 2. The highest BCUT2D eigenvalue weighted by molar-refractivity contribution is 9.09. The molecule has 6 aromatic carbocycles. The Morgan fingerprint density at radius 3 is 1.77 bits per heavy atom. The van der Waals surface area contributed by atoms with Crippen molar-refractivity contribution in [2.45, 2.75) is 38.6 Å². The van der Waals surface area contributed by atoms with E-state index in [4.69, 9.17) is 67.6 Å². The predicted molar refractivity (Wildman–Crippen MR) is 294 cm³/mol. The summed E-state index contributed by atoms with van der Waals surface area (Å²) in [5, 5.41) is 23.2. The Kier molecular flexibility index (Phi) is 19.7. The number of aliphatic hydroxyl groups is 2. The molecule has 0 fully saturated rings. The molecule has 7 N–H and O–H groups in total. The summed E-state index contributed by atoms with van der Waals surface area (Å²) in [4.78, 5) is 32.7. The van der Waals surface area contributed by atoms with Crippen molar-refractivity contribution >= 4 is 83.9 Å². The maximum absolute atomic E-state index is 14.7. The summed E-state index contributed by atoms with van der Waals surface area (Å²) in [6.07, 6.45) is 3.29. The third kappa shape index (κ3) is 13.4. The number of aryl methyl sites for hydroxylation is 3. The van der Waals surface area contributed by atoms with Gasteiger partial charge in [0.25, 0.3) is 0 Å². The van der Waals surface area contributed by atoms with E-state index in [1.165, 1.54) is 7.11 Å². The van der Waals surface area contributed by atoms with Crippen molar-refractivity contribution in [1.29, 1.82) is 0 Å². The summed E-state index contributed by atoms with van der Waals surface area (Å²) < 4.78 is 46.8. The number of hydrogen-bond donors (Lipinski definition) is 6. The van der Waals surface area contributed by atoms with E-state index in [1.807, 2.05) is 39.0 Å². The first-order chi connectivity index (χ1) is 35.4. The molecule has 18 heteroatoms. The first kappa shape index (κ1) is 56.3. The van der Waals surface area contributed by atoms with Crippen molar-refractivity contribution in [2.75, 3.05) is 65.9 Å². The third-order valence-corrected chi connectivity index (χ3v) is 13.4. The molecule has 14 nitrogen and oxygen atoms in total. The van der Waals surface area contributed by atoms with Crippen LogP contribution in [-0.2, 0) is 0 Å². The molecular weight excluding hydrogens is 1060 g/mol. The SMILES string of the molecule is COc1cc(Cl)ccc1C(Br)C(=O)c1c[nH]c2cc(C)c(C)c(F)c12.COc1cc(N)cc(OCCO)c1.COc1cc(NC(C(=O)c2c[nH]c3cc(C)c(C)cc23)c2ccc(Cl)cc2OC)cc(OCCO)c1. The highest BCUT2D eigenvalue weighted by atomic mass is 79.9. The van der Waals surface area contributed by atoms with E-state index < -0.39 is 10.9 Å². The van der Waals surface area contributed by atoms with Gasteiger partial charge < -0.3 is 59.7 Å². The van der Waals surface area contributed by atoms with Gasteiger partial charge in [-0.05, 0) is 92.4 Å². The molecule has 0 bridgehead atoms. The van der Waals surface area contributed by atoms with Gasteiger partial charge in [0.1, 0.15) is 64.4 Å². The normalized spacial score (nSPS) is 11.6. The van der Waals surface area contributed by atoms with Crippen LogP contribution in [0.1, 0.15) is 65.0 Å². The van der Waals surface area contributed by atoms with Crippen LogP contribution in [-0.4, -0.2) is 86.6 Å². The first-order valence-corrected chi connectivity index (χ1v) is 24.7. The van der Waals surface area contributed by atoms with Crippen molar-refractivity contribution in [1.82, 2.24) is 9.97 Å². The van der Waals surface area contributed by atoms with Gasteiger partial charge in [0.05, 0.1) is 41.7 Å². The van der Waals surface area contributed by atoms with E-state index in [2.05, 4.69) is 31.2 Å². The molecule has 2 atom stereocenters. The number of alkyl halides is 1. The average molecular weight is 1120 g/mol. The molecule has 74 heavy (non-hydrogen) atoms. The second-order valence-corrected chi connectivity index (χ2v) is 18.7. The zero-order valence-electron chi connectivity index (χ0n) is 42.0. The zero-order valence-corrected chi connectivity index (χ0v) is 45.1. The van der Waals surface area contributed by atoms with Crippen LogP contribution < -0.4 is 39.5 Å². The lowest BCUT2D eigenvalue weighted by molar-refractivity contribution is 0.0967. The molecule has 0 spiro atoms. The van der Waals surface area contributed by atoms with Crippen LogP contribution in [0.2, 0.25) is 10.0 Å². The number of carbonyl (C=O) groups excluding carboxylic acids is 2. The fourth-order valence-corrected chi connectivity index (χ4v) is 8.89. The zero-order chi connectivity index (χ0) is 53.8. The lowest BCUT2D eigenvalue weighted by Crippen LogP contribution is -2.22. The minimum atomic E-state index is -0.810. The number of Topliss-reactive ketones (excluding diaryl/α,β-unsaturated/α-hetero) is 2. The van der Waals surface area contributed by atoms with Gasteiger partial charge in [0.15, 0.2) is 11.6 Å². The van der Waals surface area contributed by atoms with Gasteiger partial charge in [-0.1, -0.05) is 51.3 Å². The molecule has 390 valence electrons. The Bertz CT molecular complexity index is 3270. The Labute approximate surface area is 446 Å². The van der Waals surface area contributed by atoms with Gasteiger partial charge in [-0.3, -0.25) is 9.59 Å². The Balaban J connectivity index is 0.000000202. The van der Waals surface area contributed by atoms with Crippen molar-refractivity contribution in [3.8, 4) is 34.5 Å². The van der Waals surface area contributed by atoms with Gasteiger partial charge in [0, 0.05) is 114 Å². The number of carbonyl (C=O) groups is 2. The minimum absolute atomic E-state index is 0.0168. The number of benzene rings is 6. The number of nitrogens with two attached hydrogens (primary N) is 1. The van der Waals surface area contributed by atoms with Gasteiger partial charge in [-0.15, -0.1) is 0 Å². The average Bonchev–Trinajstić information content (AvgIpc) is 4.01. The molecule has 0 aliphatic carbocycles. The predicted octanol–water partition coefficient (Wildman–Crippen LogP) is 12.4. The van der Waals surface area contributed by atoms with Crippen molar-refractivity contribution in [3.05, 3.63) is 164 Å². The van der Waals surface area contributed by atoms with Crippen molar-refractivity contribution in [2.24, 2.45) is 0 Å². The summed E-state index contributed by atoms with van der Waals surface area (Å²) in [5.74, 6) is 2.50. The number of halogens is 4. The molecule has 2 aromatic heterocycles. The van der Waals surface area contributed by atoms with Crippen LogP contribution >= 0.6 is 39.1 Å². The van der Waals surface area contributed by atoms with Crippen LogP contribution in [0.3, 0.4) is 0 Å². The fraction of sp³-hybridized carbons (Fsp3) is 0.250. The van der Waals surface area contributed by atoms with Crippen molar-refractivity contribution < 1.29 is 52.6 Å². The number of fused-ring (bicyclic) bond motifs is 2. The van der Waals surface area contributed by atoms with E-state index in [0.29, 0.717) is 94.6 Å². The standard InChI is InChI=1S/C28H29ClN2O5.C19H16BrClFNO2.C9H13NO3/c1-16-9-23-24(15-30-25(23)10-17(16)2)28(33)27(22-6-5-18(29)11-26(22)35-4)31-19-12-20(34-3)14-21(13-19)36-8-7-32;1-9-6-14-16(18(22)10(9)2)13(8-23-14)19(24)17(20)12-5-4-11(21)7-15(12)25-3;1-12-8-4-7(10)5-9(6-8)13-3-2-11/h5-6,9-15,27,30-32H,7-8H2,1-4H3;4-8,17,23H,1-3H3;4-6,11H,2-3,10H2,1H3. The van der Waals surface area contributed by atoms with E-state index in [9.17, 15) is 14.0 Å². The molecule has 0 radical (unpaired) electrons. The monoisotopic (exact) mass is 1110 g/mol. The minimum Gasteiger partial charge on any atom is -0.497 e. The molecule has 2 unspecified atom stereocenters. The fourth-order valence-electron chi connectivity index (χ4n) is 7.94. The van der Waals surface area contributed by atoms with Gasteiger partial charge in [-0.25, -0.2) is 4.39 Å². The Morgan fingerprint density at radius 2 is 1.16 bits per heavy atom. The number of anilines is 2. The molecule has 0 saturated heterocycles. The number of ketones is 2. The van der Waals surface area contributed by atoms with E-state index in [0.717, 1.165) is 27.6 Å². The number of nitrogen functional groups attached to an aromatic ring is 1. The van der Waals surface area contributed by atoms with Crippen LogP contribution in [0, 0.1) is 33.5 Å². The second kappa shape index (κ2) is 25.8. The van der Waals surface area contributed by atoms with E-state index >= 15 is 0 Å². The molecule has 0 aliphatic rings. The third-order valence-electron chi connectivity index (χ3n) is 12.0. The number of H-pyrrole nitrogens is 2. The highest BCUT2D eigenvalue weighted by Gasteiger charge is 2.29. The number of aliphatic hydroxyl groups excluding tert-OH is 2. The lowest BCUT2D eigenvalue weighted by Gasteiger charge is -2.22. The molecule has 0 aliphatic heterocycles. The van der Waals surface area contributed by atoms with E-state index in [-0.39, 0.29) is 43.8 Å². The van der Waals surface area contributed by atoms with Gasteiger partial charge in [-0.2, -0.15) is 0 Å². The van der Waals surface area contributed by atoms with Gasteiger partial charge in [0.2, 0.25) is 0 Å². The number of hydrogen-bond acceptors (Lipinski definition) is 12. The van der Waals surface area contributed by atoms with Crippen LogP contribution in [0.5, 0.6) is 34.5 Å². The Morgan fingerprint density at radius 1 is 0.649 bits per heavy atom. The van der Waals surface area contributed by atoms with Crippen LogP contribution in [0.25, 0.3) is 21.8 Å². The summed E-state index contributed by atoms with van der Waals surface area (Å²) >= 11 is 15.6. The summed E-state index contributed by atoms with van der Waals surface area (Å²) in [6, 6.07) is 25.7. The van der Waals surface area contributed by atoms with Crippen LogP contribution in [0.4, 0.5) is 15.8 Å². The summed E-state index contributed by atoms with van der Waals surface area (Å²) in [5.41, 5.74) is 14.0. The molecular formula is C56H58BrCl2FN4O10. The number of methoxy groups -OCH3 is 4. The maximum atomic E-state index is 14.7. The summed E-state index contributed by atoms with van der Waals surface area (Å²) in [6.45, 7) is 7.86. The van der Waals surface area contributed by atoms with Gasteiger partial charge >= 0.3 is 0 Å². The van der Waals surface area contributed by atoms with Crippen molar-refractivity contribution in [3.63, 3.8) is 0 Å². The topological polar surface area (TPSA) is 200 Å². The van der Waals surface area contributed by atoms with Crippen LogP contribution in [0.15, 0.2) is 103 Å². The largest absolute Gasteiger partial charge is 0.497 e. The smallest absolute Gasteiger partial charge is 0.191 e. The molecule has 0 saturated carbocycles. The molecule has 8 rings (SSSR count). The number of nitrogens with one attached hydrogen (secondary N) is 3. The number of ether oxygens (including phenoxy) is 6. The molecule has 0 amide bonds. The maximum Gasteiger partial charge on any atom is 0.191 e. The molecule has 8 aromatic rings. The number of rotatable bonds is 18. The number of aromatic nitrogens is 2. The highest BCUT2D eigenvalue weighted by Crippen LogP contribution is 2.39. The first-order valence-electron chi connectivity index (χ1n) is 23.1. The second-order valence-electron chi connectivity index (χ2n) is 16.9. The summed E-state index contributed by atoms with van der Waals surface area (Å²) in [7, 11) is 6.17.